The molecular formula is C15H18S2. The van der Waals surface area contributed by atoms with Crippen molar-refractivity contribution in [3.8, 4) is 0 Å². The number of thiophene rings is 2. The normalized spacial score (nSPS) is 10.9. The van der Waals surface area contributed by atoms with E-state index in [1.807, 2.05) is 36.5 Å². The van der Waals surface area contributed by atoms with Crippen molar-refractivity contribution in [3.63, 3.8) is 0 Å². The zero-order valence-electron chi connectivity index (χ0n) is 10.8. The molecule has 0 aliphatic carbocycles. The molecule has 0 nitrogen and oxygen atoms in total. The van der Waals surface area contributed by atoms with Crippen LogP contribution in [-0.2, 0) is 0 Å². The lowest BCUT2D eigenvalue weighted by Crippen LogP contribution is -1.77. The first kappa shape index (κ1) is 12.6. The van der Waals surface area contributed by atoms with Gasteiger partial charge < -0.3 is 0 Å². The molecule has 0 fully saturated rings. The average Bonchev–Trinajstić information content (AvgIpc) is 2.92. The lowest BCUT2D eigenvalue weighted by atomic mass is 10.1. The third-order valence-corrected chi connectivity index (χ3v) is 4.96. The first-order valence-corrected chi connectivity index (χ1v) is 7.84. The third kappa shape index (κ3) is 2.38. The molecule has 0 saturated carbocycles. The van der Waals surface area contributed by atoms with Gasteiger partial charge in [0, 0.05) is 14.3 Å². The maximum atomic E-state index is 2.34. The molecule has 0 N–H and O–H groups in total. The molecule has 2 heteroatoms. The van der Waals surface area contributed by atoms with Crippen molar-refractivity contribution >= 4 is 42.8 Å². The Morgan fingerprint density at radius 3 is 2.35 bits per heavy atom. The van der Waals surface area contributed by atoms with Gasteiger partial charge in [0.25, 0.3) is 0 Å². The highest BCUT2D eigenvalue weighted by Gasteiger charge is 2.06. The zero-order chi connectivity index (χ0) is 12.4. The van der Waals surface area contributed by atoms with E-state index in [0.717, 1.165) is 0 Å². The summed E-state index contributed by atoms with van der Waals surface area (Å²) in [7, 11) is 0. The molecule has 3 aromatic rings. The molecule has 0 saturated heterocycles. The molecule has 0 aliphatic rings. The molecule has 1 aromatic carbocycles. The van der Waals surface area contributed by atoms with Gasteiger partial charge in [-0.2, -0.15) is 0 Å². The molecule has 0 spiro atoms. The van der Waals surface area contributed by atoms with E-state index in [-0.39, 0.29) is 0 Å². The summed E-state index contributed by atoms with van der Waals surface area (Å²) >= 11 is 3.75. The zero-order valence-corrected chi connectivity index (χ0v) is 12.4. The molecule has 17 heavy (non-hydrogen) atoms. The molecular weight excluding hydrogens is 244 g/mol. The van der Waals surface area contributed by atoms with Gasteiger partial charge in [-0.25, -0.2) is 0 Å². The molecule has 90 valence electrons. The van der Waals surface area contributed by atoms with Crippen LogP contribution < -0.4 is 0 Å². The quantitative estimate of drug-likeness (QED) is 0.485. The lowest BCUT2D eigenvalue weighted by Gasteiger charge is -1.96. The Kier molecular flexibility index (Phi) is 3.85. The van der Waals surface area contributed by atoms with Crippen molar-refractivity contribution in [2.24, 2.45) is 0 Å². The minimum atomic E-state index is 0.639. The summed E-state index contributed by atoms with van der Waals surface area (Å²) < 4.78 is 2.82. The Morgan fingerprint density at radius 2 is 1.65 bits per heavy atom. The summed E-state index contributed by atoms with van der Waals surface area (Å²) in [5.74, 6) is 0.639. The number of benzene rings is 1. The fraction of sp³-hybridized carbons (Fsp3) is 0.333. The number of rotatable bonds is 1. The van der Waals surface area contributed by atoms with Crippen LogP contribution >= 0.6 is 22.7 Å². The van der Waals surface area contributed by atoms with Crippen molar-refractivity contribution in [1.29, 1.82) is 0 Å². The van der Waals surface area contributed by atoms with Crippen LogP contribution in [0.2, 0.25) is 0 Å². The molecule has 0 radical (unpaired) electrons. The van der Waals surface area contributed by atoms with Gasteiger partial charge in [-0.3, -0.25) is 0 Å². The molecule has 0 aliphatic heterocycles. The van der Waals surface area contributed by atoms with Crippen LogP contribution in [0.1, 0.15) is 38.5 Å². The van der Waals surface area contributed by atoms with E-state index in [9.17, 15) is 0 Å². The van der Waals surface area contributed by atoms with Crippen LogP contribution in [0.25, 0.3) is 20.2 Å². The Labute approximate surface area is 111 Å². The second-order valence-electron chi connectivity index (χ2n) is 4.15. The first-order valence-electron chi connectivity index (χ1n) is 6.15. The minimum absolute atomic E-state index is 0.639. The van der Waals surface area contributed by atoms with Crippen molar-refractivity contribution in [2.45, 2.75) is 33.6 Å². The summed E-state index contributed by atoms with van der Waals surface area (Å²) in [5.41, 5.74) is 0. The second-order valence-corrected chi connectivity index (χ2v) is 6.21. The fourth-order valence-electron chi connectivity index (χ4n) is 1.80. The van der Waals surface area contributed by atoms with E-state index in [1.54, 1.807) is 0 Å². The summed E-state index contributed by atoms with van der Waals surface area (Å²) in [6.07, 6.45) is 0. The standard InChI is InChI=1S/C13H12S2.C2H6/c1-8(2)11-6-10-7-12-9(3-4-14-12)5-13(10)15-11;1-2/h3-8H,1-2H3;1-2H3. The third-order valence-electron chi connectivity index (χ3n) is 2.68. The molecule has 0 unspecified atom stereocenters. The molecule has 0 amide bonds. The van der Waals surface area contributed by atoms with Gasteiger partial charge in [-0.05, 0) is 46.3 Å². The van der Waals surface area contributed by atoms with E-state index >= 15 is 0 Å². The highest BCUT2D eigenvalue weighted by Crippen LogP contribution is 2.34. The van der Waals surface area contributed by atoms with Crippen LogP contribution in [0, 0.1) is 0 Å². The number of fused-ring (bicyclic) bond motifs is 2. The maximum Gasteiger partial charge on any atom is 0.0352 e. The second kappa shape index (κ2) is 5.19. The predicted molar refractivity (Wildman–Crippen MR) is 82.6 cm³/mol. The van der Waals surface area contributed by atoms with E-state index < -0.39 is 0 Å². The highest BCUT2D eigenvalue weighted by molar-refractivity contribution is 7.20. The van der Waals surface area contributed by atoms with Gasteiger partial charge in [0.2, 0.25) is 0 Å². The summed E-state index contributed by atoms with van der Waals surface area (Å²) in [4.78, 5) is 1.49. The minimum Gasteiger partial charge on any atom is -0.144 e. The Morgan fingerprint density at radius 1 is 0.941 bits per heavy atom. The van der Waals surface area contributed by atoms with Crippen LogP contribution in [0.15, 0.2) is 29.6 Å². The molecule has 2 heterocycles. The fourth-order valence-corrected chi connectivity index (χ4v) is 3.72. The lowest BCUT2D eigenvalue weighted by molar-refractivity contribution is 0.890. The predicted octanol–water partition coefficient (Wildman–Crippen LogP) is 6.27. The topological polar surface area (TPSA) is 0 Å². The molecule has 3 rings (SSSR count). The summed E-state index contributed by atoms with van der Waals surface area (Å²) in [5, 5.41) is 4.95. The van der Waals surface area contributed by atoms with Crippen LogP contribution in [0.3, 0.4) is 0 Å². The van der Waals surface area contributed by atoms with Gasteiger partial charge in [0.15, 0.2) is 0 Å². The van der Waals surface area contributed by atoms with Gasteiger partial charge >= 0.3 is 0 Å². The van der Waals surface area contributed by atoms with Crippen LogP contribution in [0.4, 0.5) is 0 Å². The summed E-state index contributed by atoms with van der Waals surface area (Å²) in [6.45, 7) is 8.51. The van der Waals surface area contributed by atoms with Gasteiger partial charge in [0.05, 0.1) is 0 Å². The van der Waals surface area contributed by atoms with E-state index in [2.05, 4.69) is 43.5 Å². The van der Waals surface area contributed by atoms with Crippen LogP contribution in [-0.4, -0.2) is 0 Å². The Balaban J connectivity index is 0.000000514. The largest absolute Gasteiger partial charge is 0.144 e. The highest BCUT2D eigenvalue weighted by atomic mass is 32.1. The van der Waals surface area contributed by atoms with Gasteiger partial charge in [-0.1, -0.05) is 27.7 Å². The molecule has 0 atom stereocenters. The Bertz CT molecular complexity index is 566. The average molecular weight is 262 g/mol. The van der Waals surface area contributed by atoms with E-state index in [4.69, 9.17) is 0 Å². The Hall–Kier alpha value is -0.860. The van der Waals surface area contributed by atoms with Crippen molar-refractivity contribution in [1.82, 2.24) is 0 Å². The number of hydrogen-bond acceptors (Lipinski definition) is 2. The first-order chi connectivity index (χ1) is 8.24. The monoisotopic (exact) mass is 262 g/mol. The van der Waals surface area contributed by atoms with Crippen LogP contribution in [0.5, 0.6) is 0 Å². The molecule has 0 bridgehead atoms. The van der Waals surface area contributed by atoms with Gasteiger partial charge in [-0.15, -0.1) is 22.7 Å². The van der Waals surface area contributed by atoms with Crippen molar-refractivity contribution in [3.05, 3.63) is 34.5 Å². The maximum absolute atomic E-state index is 2.34. The van der Waals surface area contributed by atoms with E-state index in [1.165, 1.54) is 25.0 Å². The summed E-state index contributed by atoms with van der Waals surface area (Å²) in [6, 6.07) is 9.17. The molecule has 2 aromatic heterocycles. The number of hydrogen-bond donors (Lipinski definition) is 0. The van der Waals surface area contributed by atoms with Gasteiger partial charge in [0.1, 0.15) is 0 Å². The SMILES string of the molecule is CC.CC(C)c1cc2cc3sccc3cc2s1. The smallest absolute Gasteiger partial charge is 0.0352 e. The van der Waals surface area contributed by atoms with E-state index in [0.29, 0.717) is 5.92 Å². The van der Waals surface area contributed by atoms with Crippen molar-refractivity contribution < 1.29 is 0 Å². The van der Waals surface area contributed by atoms with Crippen molar-refractivity contribution in [2.75, 3.05) is 0 Å².